The molecule has 0 fully saturated rings. The van der Waals surface area contributed by atoms with Gasteiger partial charge in [-0.3, -0.25) is 0 Å². The number of nitrogens with zero attached hydrogens (tertiary/aromatic N) is 1. The first kappa shape index (κ1) is 13.8. The van der Waals surface area contributed by atoms with Crippen LogP contribution in [0.25, 0.3) is 0 Å². The highest BCUT2D eigenvalue weighted by atomic mass is 35.5. The maximum atomic E-state index is 6.03. The van der Waals surface area contributed by atoms with E-state index >= 15 is 0 Å². The van der Waals surface area contributed by atoms with Crippen LogP contribution >= 0.6 is 11.6 Å². The van der Waals surface area contributed by atoms with E-state index in [2.05, 4.69) is 42.3 Å². The van der Waals surface area contributed by atoms with Gasteiger partial charge in [-0.25, -0.2) is 4.98 Å². The van der Waals surface area contributed by atoms with Crippen LogP contribution in [0.15, 0.2) is 36.5 Å². The van der Waals surface area contributed by atoms with Crippen LogP contribution in [-0.4, -0.2) is 11.5 Å². The number of nitrogens with two attached hydrogens (primary N) is 1. The number of nitrogens with one attached hydrogen (secondary N) is 1. The van der Waals surface area contributed by atoms with Gasteiger partial charge in [0.15, 0.2) is 0 Å². The van der Waals surface area contributed by atoms with E-state index in [4.69, 9.17) is 17.3 Å². The molecule has 0 spiro atoms. The summed E-state index contributed by atoms with van der Waals surface area (Å²) in [6.45, 7) is 4.98. The fourth-order valence-electron chi connectivity index (χ4n) is 2.16. The lowest BCUT2D eigenvalue weighted by Gasteiger charge is -2.20. The molecule has 2 rings (SSSR count). The van der Waals surface area contributed by atoms with Gasteiger partial charge in [0.05, 0.1) is 11.1 Å². The Hall–Kier alpha value is -1.58. The second-order valence-electron chi connectivity index (χ2n) is 4.53. The van der Waals surface area contributed by atoms with E-state index in [-0.39, 0.29) is 6.04 Å². The molecule has 0 aliphatic carbocycles. The fourth-order valence-corrected chi connectivity index (χ4v) is 2.32. The minimum Gasteiger partial charge on any atom is -0.383 e. The summed E-state index contributed by atoms with van der Waals surface area (Å²) < 4.78 is 0. The molecule has 1 unspecified atom stereocenters. The standard InChI is InChI=1S/C15H18ClN3/c1-3-18-14(11-6-4-5-10(2)7-11)13-8-12(16)9-19-15(13)17/h4-9,14,18H,3H2,1-2H3,(H2,17,19). The maximum Gasteiger partial charge on any atom is 0.128 e. The summed E-state index contributed by atoms with van der Waals surface area (Å²) in [6.07, 6.45) is 1.57. The van der Waals surface area contributed by atoms with Gasteiger partial charge in [0, 0.05) is 11.8 Å². The van der Waals surface area contributed by atoms with Crippen molar-refractivity contribution in [1.29, 1.82) is 0 Å². The Balaban J connectivity index is 2.48. The van der Waals surface area contributed by atoms with Crippen molar-refractivity contribution in [2.24, 2.45) is 0 Å². The van der Waals surface area contributed by atoms with Gasteiger partial charge in [0.1, 0.15) is 5.82 Å². The average molecular weight is 276 g/mol. The van der Waals surface area contributed by atoms with E-state index in [9.17, 15) is 0 Å². The molecular formula is C15H18ClN3. The third-order valence-electron chi connectivity index (χ3n) is 3.01. The van der Waals surface area contributed by atoms with Gasteiger partial charge >= 0.3 is 0 Å². The summed E-state index contributed by atoms with van der Waals surface area (Å²) in [7, 11) is 0. The summed E-state index contributed by atoms with van der Waals surface area (Å²) in [6, 6.07) is 10.2. The Bertz CT molecular complexity index is 569. The summed E-state index contributed by atoms with van der Waals surface area (Å²) >= 11 is 6.03. The fraction of sp³-hybridized carbons (Fsp3) is 0.267. The number of aryl methyl sites for hydroxylation is 1. The van der Waals surface area contributed by atoms with E-state index in [1.54, 1.807) is 6.20 Å². The Labute approximate surface area is 118 Å². The van der Waals surface area contributed by atoms with Crippen molar-refractivity contribution in [1.82, 2.24) is 10.3 Å². The van der Waals surface area contributed by atoms with Crippen LogP contribution in [0, 0.1) is 6.92 Å². The summed E-state index contributed by atoms with van der Waals surface area (Å²) in [4.78, 5) is 4.14. The van der Waals surface area contributed by atoms with Crippen LogP contribution in [0.1, 0.15) is 29.7 Å². The van der Waals surface area contributed by atoms with Crippen LogP contribution in [-0.2, 0) is 0 Å². The zero-order valence-electron chi connectivity index (χ0n) is 11.2. The van der Waals surface area contributed by atoms with Gasteiger partial charge < -0.3 is 11.1 Å². The van der Waals surface area contributed by atoms with Crippen LogP contribution in [0.4, 0.5) is 5.82 Å². The molecule has 0 amide bonds. The molecule has 1 atom stereocenters. The normalized spacial score (nSPS) is 12.4. The largest absolute Gasteiger partial charge is 0.383 e. The predicted octanol–water partition coefficient (Wildman–Crippen LogP) is 3.32. The lowest BCUT2D eigenvalue weighted by molar-refractivity contribution is 0.630. The van der Waals surface area contributed by atoms with Crippen molar-refractivity contribution in [2.45, 2.75) is 19.9 Å². The van der Waals surface area contributed by atoms with Crippen LogP contribution < -0.4 is 11.1 Å². The first-order valence-corrected chi connectivity index (χ1v) is 6.70. The SMILES string of the molecule is CCNC(c1cccc(C)c1)c1cc(Cl)cnc1N. The highest BCUT2D eigenvalue weighted by molar-refractivity contribution is 6.30. The van der Waals surface area contributed by atoms with E-state index in [0.29, 0.717) is 10.8 Å². The molecule has 3 nitrogen and oxygen atoms in total. The van der Waals surface area contributed by atoms with Crippen LogP contribution in [0.3, 0.4) is 0 Å². The molecule has 0 aliphatic heterocycles. The monoisotopic (exact) mass is 275 g/mol. The maximum absolute atomic E-state index is 6.03. The minimum absolute atomic E-state index is 0.0103. The summed E-state index contributed by atoms with van der Waals surface area (Å²) in [5.41, 5.74) is 9.28. The van der Waals surface area contributed by atoms with E-state index in [1.807, 2.05) is 12.1 Å². The number of nitrogen functional groups attached to an aromatic ring is 1. The van der Waals surface area contributed by atoms with Crippen molar-refractivity contribution in [3.63, 3.8) is 0 Å². The van der Waals surface area contributed by atoms with Crippen molar-refractivity contribution in [3.8, 4) is 0 Å². The topological polar surface area (TPSA) is 50.9 Å². The lowest BCUT2D eigenvalue weighted by atomic mass is 9.97. The molecule has 4 heteroatoms. The molecule has 3 N–H and O–H groups in total. The number of benzene rings is 1. The van der Waals surface area contributed by atoms with Gasteiger partial charge in [-0.1, -0.05) is 48.4 Å². The van der Waals surface area contributed by atoms with Gasteiger partial charge in [-0.15, -0.1) is 0 Å². The number of halogens is 1. The predicted molar refractivity (Wildman–Crippen MR) is 80.4 cm³/mol. The van der Waals surface area contributed by atoms with Gasteiger partial charge in [-0.2, -0.15) is 0 Å². The van der Waals surface area contributed by atoms with Gasteiger partial charge in [-0.05, 0) is 25.1 Å². The molecule has 0 bridgehead atoms. The third kappa shape index (κ3) is 3.25. The smallest absolute Gasteiger partial charge is 0.128 e. The zero-order chi connectivity index (χ0) is 13.8. The van der Waals surface area contributed by atoms with Gasteiger partial charge in [0.2, 0.25) is 0 Å². The molecule has 0 radical (unpaired) electrons. The van der Waals surface area contributed by atoms with Crippen LogP contribution in [0.2, 0.25) is 5.02 Å². The highest BCUT2D eigenvalue weighted by Crippen LogP contribution is 2.28. The number of pyridine rings is 1. The molecule has 0 saturated carbocycles. The molecule has 1 aromatic carbocycles. The molecular weight excluding hydrogens is 258 g/mol. The Morgan fingerprint density at radius 2 is 2.16 bits per heavy atom. The minimum atomic E-state index is 0.0103. The molecule has 0 aliphatic rings. The van der Waals surface area contributed by atoms with Crippen molar-refractivity contribution in [2.75, 3.05) is 12.3 Å². The first-order valence-electron chi connectivity index (χ1n) is 6.32. The first-order chi connectivity index (χ1) is 9.11. The number of hydrogen-bond acceptors (Lipinski definition) is 3. The van der Waals surface area contributed by atoms with Crippen LogP contribution in [0.5, 0.6) is 0 Å². The van der Waals surface area contributed by atoms with Crippen molar-refractivity contribution in [3.05, 3.63) is 58.2 Å². The quantitative estimate of drug-likeness (QED) is 0.900. The van der Waals surface area contributed by atoms with E-state index in [0.717, 1.165) is 17.7 Å². The third-order valence-corrected chi connectivity index (χ3v) is 3.22. The average Bonchev–Trinajstić information content (AvgIpc) is 2.39. The Morgan fingerprint density at radius 1 is 1.37 bits per heavy atom. The van der Waals surface area contributed by atoms with E-state index < -0.39 is 0 Å². The van der Waals surface area contributed by atoms with Crippen molar-refractivity contribution < 1.29 is 0 Å². The summed E-state index contributed by atoms with van der Waals surface area (Å²) in [5.74, 6) is 0.511. The molecule has 2 aromatic rings. The molecule has 1 heterocycles. The van der Waals surface area contributed by atoms with Crippen molar-refractivity contribution >= 4 is 17.4 Å². The number of rotatable bonds is 4. The lowest BCUT2D eigenvalue weighted by Crippen LogP contribution is -2.23. The molecule has 19 heavy (non-hydrogen) atoms. The summed E-state index contributed by atoms with van der Waals surface area (Å²) in [5, 5.41) is 4.03. The second-order valence-corrected chi connectivity index (χ2v) is 4.97. The molecule has 100 valence electrons. The zero-order valence-corrected chi connectivity index (χ0v) is 11.9. The number of hydrogen-bond donors (Lipinski definition) is 2. The van der Waals surface area contributed by atoms with Gasteiger partial charge in [0.25, 0.3) is 0 Å². The number of anilines is 1. The second kappa shape index (κ2) is 6.04. The van der Waals surface area contributed by atoms with E-state index in [1.165, 1.54) is 5.56 Å². The molecule has 1 aromatic heterocycles. The number of aromatic nitrogens is 1. The Morgan fingerprint density at radius 3 is 2.84 bits per heavy atom. The Kier molecular flexibility index (Phi) is 4.40. The highest BCUT2D eigenvalue weighted by Gasteiger charge is 2.17. The molecule has 0 saturated heterocycles.